The number of rotatable bonds is 4. The Balaban J connectivity index is 1.81. The van der Waals surface area contributed by atoms with Gasteiger partial charge in [-0.25, -0.2) is 0 Å². The van der Waals surface area contributed by atoms with Crippen LogP contribution in [-0.4, -0.2) is 24.3 Å². The Morgan fingerprint density at radius 3 is 3.28 bits per heavy atom. The van der Waals surface area contributed by atoms with Gasteiger partial charge in [-0.1, -0.05) is 0 Å². The second-order valence-electron chi connectivity index (χ2n) is 5.36. The summed E-state index contributed by atoms with van der Waals surface area (Å²) in [6, 6.07) is 0. The van der Waals surface area contributed by atoms with E-state index in [1.807, 2.05) is 0 Å². The molecule has 0 aromatic carbocycles. The molecule has 1 saturated heterocycles. The summed E-state index contributed by atoms with van der Waals surface area (Å²) in [5.74, 6) is 3.42. The van der Waals surface area contributed by atoms with Gasteiger partial charge < -0.3 is 9.30 Å². The summed E-state index contributed by atoms with van der Waals surface area (Å²) in [7, 11) is 0. The average Bonchev–Trinajstić information content (AvgIpc) is 2.72. The van der Waals surface area contributed by atoms with Gasteiger partial charge in [-0.2, -0.15) is 0 Å². The van der Waals surface area contributed by atoms with E-state index in [4.69, 9.17) is 11.2 Å². The highest BCUT2D eigenvalue weighted by Crippen LogP contribution is 2.57. The van der Waals surface area contributed by atoms with E-state index in [9.17, 15) is 0 Å². The van der Waals surface area contributed by atoms with Crippen LogP contribution in [0.3, 0.4) is 0 Å². The quantitative estimate of drug-likeness (QED) is 0.600. The van der Waals surface area contributed by atoms with E-state index >= 15 is 0 Å². The minimum atomic E-state index is 0.410. The minimum Gasteiger partial charge on any atom is -0.380 e. The Kier molecular flexibility index (Phi) is 3.04. The summed E-state index contributed by atoms with van der Waals surface area (Å²) in [5, 5.41) is 2.18. The van der Waals surface area contributed by atoms with E-state index in [0.717, 1.165) is 37.0 Å². The summed E-state index contributed by atoms with van der Waals surface area (Å²) in [6.45, 7) is 5.81. The highest BCUT2D eigenvalue weighted by Gasteiger charge is 2.58. The predicted octanol–water partition coefficient (Wildman–Crippen LogP) is 1.82. The fraction of sp³-hybridized carbons (Fsp3) is 0.643. The lowest BCUT2D eigenvalue weighted by molar-refractivity contribution is 0.141. The lowest BCUT2D eigenvalue weighted by Crippen LogP contribution is -2.24. The Bertz CT molecular complexity index is 551. The van der Waals surface area contributed by atoms with Gasteiger partial charge in [-0.15, -0.1) is 23.7 Å². The van der Waals surface area contributed by atoms with Gasteiger partial charge in [0.05, 0.1) is 19.8 Å². The molecule has 3 rings (SSSR count). The SMILES string of the molecule is C#CCCN=c1scc(C)n1C[C@@]12COC[C@@H]1C2. The Morgan fingerprint density at radius 1 is 1.72 bits per heavy atom. The molecule has 2 atom stereocenters. The first-order valence-corrected chi connectivity index (χ1v) is 7.30. The molecule has 0 amide bonds. The lowest BCUT2D eigenvalue weighted by Gasteiger charge is -2.13. The fourth-order valence-electron chi connectivity index (χ4n) is 2.75. The maximum absolute atomic E-state index is 5.57. The van der Waals surface area contributed by atoms with Crippen LogP contribution >= 0.6 is 11.3 Å². The molecule has 0 N–H and O–H groups in total. The van der Waals surface area contributed by atoms with Gasteiger partial charge >= 0.3 is 0 Å². The van der Waals surface area contributed by atoms with Crippen LogP contribution in [0.15, 0.2) is 10.4 Å². The molecule has 2 heterocycles. The zero-order valence-electron chi connectivity index (χ0n) is 10.7. The van der Waals surface area contributed by atoms with Crippen molar-refractivity contribution in [2.45, 2.75) is 26.3 Å². The van der Waals surface area contributed by atoms with Crippen molar-refractivity contribution in [2.75, 3.05) is 19.8 Å². The smallest absolute Gasteiger partial charge is 0.184 e. The zero-order chi connectivity index (χ0) is 12.6. The van der Waals surface area contributed by atoms with Gasteiger partial charge in [-0.05, 0) is 19.3 Å². The van der Waals surface area contributed by atoms with Gasteiger partial charge in [0, 0.05) is 29.5 Å². The predicted molar refractivity (Wildman–Crippen MR) is 72.3 cm³/mol. The van der Waals surface area contributed by atoms with E-state index in [-0.39, 0.29) is 0 Å². The largest absolute Gasteiger partial charge is 0.380 e. The van der Waals surface area contributed by atoms with Crippen LogP contribution in [0.4, 0.5) is 0 Å². The minimum absolute atomic E-state index is 0.410. The molecule has 18 heavy (non-hydrogen) atoms. The molecule has 1 aliphatic heterocycles. The van der Waals surface area contributed by atoms with Crippen LogP contribution in [0.25, 0.3) is 0 Å². The first kappa shape index (κ1) is 12.0. The third kappa shape index (κ3) is 2.02. The van der Waals surface area contributed by atoms with Gasteiger partial charge in [0.2, 0.25) is 0 Å². The number of nitrogens with zero attached hydrogens (tertiary/aromatic N) is 2. The molecule has 2 aliphatic rings. The number of aryl methyl sites for hydroxylation is 1. The summed E-state index contributed by atoms with van der Waals surface area (Å²) in [4.78, 5) is 5.71. The topological polar surface area (TPSA) is 26.5 Å². The van der Waals surface area contributed by atoms with Crippen molar-refractivity contribution in [1.82, 2.24) is 4.57 Å². The zero-order valence-corrected chi connectivity index (χ0v) is 11.5. The third-order valence-electron chi connectivity index (χ3n) is 4.04. The molecular weight excluding hydrogens is 244 g/mol. The summed E-state index contributed by atoms with van der Waals surface area (Å²) in [5.41, 5.74) is 1.71. The van der Waals surface area contributed by atoms with Crippen molar-refractivity contribution in [3.63, 3.8) is 0 Å². The average molecular weight is 262 g/mol. The van der Waals surface area contributed by atoms with Crippen molar-refractivity contribution in [1.29, 1.82) is 0 Å². The highest BCUT2D eigenvalue weighted by molar-refractivity contribution is 7.07. The van der Waals surface area contributed by atoms with Crippen LogP contribution in [0.5, 0.6) is 0 Å². The molecule has 96 valence electrons. The fourth-order valence-corrected chi connectivity index (χ4v) is 3.65. The van der Waals surface area contributed by atoms with Crippen molar-refractivity contribution < 1.29 is 4.74 Å². The summed E-state index contributed by atoms with van der Waals surface area (Å²) < 4.78 is 7.91. The van der Waals surface area contributed by atoms with E-state index in [1.54, 1.807) is 11.3 Å². The Hall–Kier alpha value is -1.05. The molecule has 0 spiro atoms. The molecular formula is C14H18N2OS. The maximum Gasteiger partial charge on any atom is 0.184 e. The van der Waals surface area contributed by atoms with E-state index in [0.29, 0.717) is 11.8 Å². The van der Waals surface area contributed by atoms with Crippen LogP contribution in [0.2, 0.25) is 0 Å². The number of aromatic nitrogens is 1. The van der Waals surface area contributed by atoms with Crippen LogP contribution in [0, 0.1) is 30.6 Å². The molecule has 1 aromatic heterocycles. The first-order valence-electron chi connectivity index (χ1n) is 6.42. The summed E-state index contributed by atoms with van der Waals surface area (Å²) in [6.07, 6.45) is 7.30. The van der Waals surface area contributed by atoms with E-state index in [1.165, 1.54) is 12.1 Å². The number of fused-ring (bicyclic) bond motifs is 1. The second kappa shape index (κ2) is 4.56. The molecule has 1 saturated carbocycles. The molecule has 0 unspecified atom stereocenters. The van der Waals surface area contributed by atoms with E-state index in [2.05, 4.69) is 27.8 Å². The summed E-state index contributed by atoms with van der Waals surface area (Å²) >= 11 is 1.71. The number of ether oxygens (including phenoxy) is 1. The Labute approximate surface area is 112 Å². The van der Waals surface area contributed by atoms with Crippen LogP contribution in [0.1, 0.15) is 18.5 Å². The van der Waals surface area contributed by atoms with Gasteiger partial charge in [0.1, 0.15) is 0 Å². The van der Waals surface area contributed by atoms with Gasteiger partial charge in [-0.3, -0.25) is 4.99 Å². The van der Waals surface area contributed by atoms with Crippen molar-refractivity contribution in [3.05, 3.63) is 15.9 Å². The van der Waals surface area contributed by atoms with Crippen molar-refractivity contribution in [3.8, 4) is 12.3 Å². The normalized spacial score (nSPS) is 30.2. The molecule has 1 aliphatic carbocycles. The Morgan fingerprint density at radius 2 is 2.61 bits per heavy atom. The monoisotopic (exact) mass is 262 g/mol. The first-order chi connectivity index (χ1) is 8.75. The number of hydrogen-bond acceptors (Lipinski definition) is 3. The van der Waals surface area contributed by atoms with Crippen LogP contribution in [-0.2, 0) is 11.3 Å². The standard InChI is InChI=1S/C14H18N2OS/c1-3-4-5-15-13-16(11(2)8-18-13)9-14-6-12(14)7-17-10-14/h1,8,12H,4-7,9-10H2,2H3/t12-,14-/m0/s1. The number of thiazole rings is 1. The highest BCUT2D eigenvalue weighted by atomic mass is 32.1. The number of hydrogen-bond donors (Lipinski definition) is 0. The van der Waals surface area contributed by atoms with Crippen molar-refractivity contribution >= 4 is 11.3 Å². The van der Waals surface area contributed by atoms with Crippen LogP contribution < -0.4 is 4.80 Å². The van der Waals surface area contributed by atoms with Gasteiger partial charge in [0.15, 0.2) is 4.80 Å². The van der Waals surface area contributed by atoms with E-state index < -0.39 is 0 Å². The maximum atomic E-state index is 5.57. The van der Waals surface area contributed by atoms with Gasteiger partial charge in [0.25, 0.3) is 0 Å². The second-order valence-corrected chi connectivity index (χ2v) is 6.20. The number of terminal acetylenes is 1. The third-order valence-corrected chi connectivity index (χ3v) is 5.05. The lowest BCUT2D eigenvalue weighted by atomic mass is 10.1. The molecule has 0 bridgehead atoms. The molecule has 1 aromatic rings. The molecule has 0 radical (unpaired) electrons. The van der Waals surface area contributed by atoms with Crippen molar-refractivity contribution in [2.24, 2.45) is 16.3 Å². The molecule has 4 heteroatoms. The molecule has 3 nitrogen and oxygen atoms in total. The molecule has 2 fully saturated rings.